The fourth-order valence-electron chi connectivity index (χ4n) is 3.20. The van der Waals surface area contributed by atoms with Crippen LogP contribution >= 0.6 is 11.3 Å². The van der Waals surface area contributed by atoms with Gasteiger partial charge in [-0.15, -0.1) is 21.5 Å². The lowest BCUT2D eigenvalue weighted by molar-refractivity contribution is 0.0741. The van der Waals surface area contributed by atoms with Crippen molar-refractivity contribution in [1.82, 2.24) is 24.6 Å². The number of carbonyl (C=O) groups excluding carboxylic acids is 1. The highest BCUT2D eigenvalue weighted by Gasteiger charge is 2.26. The van der Waals surface area contributed by atoms with Gasteiger partial charge in [-0.2, -0.15) is 0 Å². The average molecular weight is 382 g/mol. The first-order chi connectivity index (χ1) is 13.1. The normalized spacial score (nSPS) is 14.6. The second-order valence-corrected chi connectivity index (χ2v) is 7.62. The lowest BCUT2D eigenvalue weighted by Gasteiger charge is -2.34. The Balaban J connectivity index is 1.37. The Morgan fingerprint density at radius 2 is 1.85 bits per heavy atom. The zero-order valence-corrected chi connectivity index (χ0v) is 16.3. The van der Waals surface area contributed by atoms with Gasteiger partial charge < -0.3 is 14.4 Å². The molecule has 4 rings (SSSR count). The number of carbonyl (C=O) groups is 1. The topological polar surface area (TPSA) is 67.2 Å². The highest BCUT2D eigenvalue weighted by molar-refractivity contribution is 7.09. The number of aryl methyl sites for hydroxylation is 1. The molecule has 27 heavy (non-hydrogen) atoms. The van der Waals surface area contributed by atoms with Gasteiger partial charge in [-0.05, 0) is 12.5 Å². The summed E-state index contributed by atoms with van der Waals surface area (Å²) in [5.74, 6) is 1.76. The number of piperazine rings is 1. The van der Waals surface area contributed by atoms with Crippen molar-refractivity contribution in [3.8, 4) is 0 Å². The molecule has 0 atom stereocenters. The van der Waals surface area contributed by atoms with Gasteiger partial charge in [0, 0.05) is 45.0 Å². The van der Waals surface area contributed by atoms with Crippen molar-refractivity contribution in [3.05, 3.63) is 57.8 Å². The van der Waals surface area contributed by atoms with Gasteiger partial charge in [-0.3, -0.25) is 4.79 Å². The van der Waals surface area contributed by atoms with Crippen LogP contribution in [0.3, 0.4) is 0 Å². The van der Waals surface area contributed by atoms with Crippen molar-refractivity contribution in [2.75, 3.05) is 31.1 Å². The summed E-state index contributed by atoms with van der Waals surface area (Å²) in [5, 5.41) is 11.2. The Morgan fingerprint density at radius 1 is 1.11 bits per heavy atom. The lowest BCUT2D eigenvalue weighted by atomic mass is 10.2. The molecule has 1 aromatic carbocycles. The molecular weight excluding hydrogens is 360 g/mol. The van der Waals surface area contributed by atoms with Crippen LogP contribution in [0.15, 0.2) is 35.7 Å². The van der Waals surface area contributed by atoms with Gasteiger partial charge in [0.25, 0.3) is 5.91 Å². The summed E-state index contributed by atoms with van der Waals surface area (Å²) in [6.07, 6.45) is 0.762. The highest BCUT2D eigenvalue weighted by atomic mass is 32.1. The molecule has 0 radical (unpaired) electrons. The van der Waals surface area contributed by atoms with E-state index < -0.39 is 0 Å². The molecule has 2 aromatic heterocycles. The van der Waals surface area contributed by atoms with Gasteiger partial charge in [0.2, 0.25) is 5.95 Å². The molecule has 1 amide bonds. The molecule has 8 heteroatoms. The molecule has 0 spiro atoms. The summed E-state index contributed by atoms with van der Waals surface area (Å²) in [7, 11) is 1.96. The van der Waals surface area contributed by atoms with Crippen LogP contribution < -0.4 is 4.90 Å². The zero-order valence-electron chi connectivity index (χ0n) is 15.5. The minimum absolute atomic E-state index is 0.0133. The Hall–Kier alpha value is -2.74. The largest absolute Gasteiger partial charge is 0.337 e. The predicted octanol–water partition coefficient (Wildman–Crippen LogP) is 2.13. The van der Waals surface area contributed by atoms with Gasteiger partial charge >= 0.3 is 0 Å². The average Bonchev–Trinajstić information content (AvgIpc) is 3.29. The summed E-state index contributed by atoms with van der Waals surface area (Å²) < 4.78 is 1.98. The maximum atomic E-state index is 12.8. The molecule has 1 aliphatic heterocycles. The molecule has 0 aliphatic carbocycles. The van der Waals surface area contributed by atoms with E-state index in [1.807, 2.05) is 47.0 Å². The van der Waals surface area contributed by atoms with Crippen molar-refractivity contribution >= 4 is 23.2 Å². The van der Waals surface area contributed by atoms with E-state index in [9.17, 15) is 4.79 Å². The van der Waals surface area contributed by atoms with Crippen molar-refractivity contribution in [1.29, 1.82) is 0 Å². The van der Waals surface area contributed by atoms with E-state index in [1.54, 1.807) is 11.3 Å². The van der Waals surface area contributed by atoms with Crippen LogP contribution in [0, 0.1) is 6.92 Å². The molecule has 140 valence electrons. The number of nitrogens with zero attached hydrogens (tertiary/aromatic N) is 6. The van der Waals surface area contributed by atoms with E-state index in [2.05, 4.69) is 32.2 Å². The van der Waals surface area contributed by atoms with E-state index in [0.717, 1.165) is 36.3 Å². The first-order valence-corrected chi connectivity index (χ1v) is 9.88. The Bertz CT molecular complexity index is 927. The van der Waals surface area contributed by atoms with Crippen LogP contribution in [0.4, 0.5) is 5.95 Å². The molecule has 0 bridgehead atoms. The van der Waals surface area contributed by atoms with E-state index in [0.29, 0.717) is 18.8 Å². The maximum absolute atomic E-state index is 12.8. The number of anilines is 1. The Morgan fingerprint density at radius 3 is 2.52 bits per heavy atom. The van der Waals surface area contributed by atoms with Gasteiger partial charge in [-0.1, -0.05) is 30.3 Å². The minimum Gasteiger partial charge on any atom is -0.337 e. The number of hydrogen-bond acceptors (Lipinski definition) is 6. The van der Waals surface area contributed by atoms with Crippen molar-refractivity contribution in [2.45, 2.75) is 13.3 Å². The van der Waals surface area contributed by atoms with Crippen LogP contribution in [-0.2, 0) is 13.5 Å². The summed E-state index contributed by atoms with van der Waals surface area (Å²) in [4.78, 5) is 21.4. The standard InChI is InChI=1S/C19H22N6OS/c1-14-21-22-19(23(14)2)25-10-8-24(9-11-25)18(26)16-13-27-17(20-16)12-15-6-4-3-5-7-15/h3-7,13H,8-12H2,1-2H3. The second kappa shape index (κ2) is 7.48. The second-order valence-electron chi connectivity index (χ2n) is 6.67. The summed E-state index contributed by atoms with van der Waals surface area (Å²) in [6, 6.07) is 10.2. The molecule has 0 N–H and O–H groups in total. The van der Waals surface area contributed by atoms with E-state index in [4.69, 9.17) is 0 Å². The first-order valence-electron chi connectivity index (χ1n) is 9.00. The Kier molecular flexibility index (Phi) is 4.89. The molecular formula is C19H22N6OS. The zero-order chi connectivity index (χ0) is 18.8. The fourth-order valence-corrected chi connectivity index (χ4v) is 4.01. The van der Waals surface area contributed by atoms with Crippen LogP contribution in [0.1, 0.15) is 26.9 Å². The third-order valence-corrected chi connectivity index (χ3v) is 5.74. The van der Waals surface area contributed by atoms with Crippen molar-refractivity contribution in [3.63, 3.8) is 0 Å². The highest BCUT2D eigenvalue weighted by Crippen LogP contribution is 2.18. The molecule has 1 fully saturated rings. The van der Waals surface area contributed by atoms with Crippen LogP contribution in [0.2, 0.25) is 0 Å². The third kappa shape index (κ3) is 3.71. The van der Waals surface area contributed by atoms with Gasteiger partial charge in [0.1, 0.15) is 11.5 Å². The Labute approximate surface area is 162 Å². The smallest absolute Gasteiger partial charge is 0.273 e. The SMILES string of the molecule is Cc1nnc(N2CCN(C(=O)c3csc(Cc4ccccc4)n3)CC2)n1C. The van der Waals surface area contributed by atoms with Crippen molar-refractivity contribution in [2.24, 2.45) is 7.05 Å². The molecule has 1 saturated heterocycles. The summed E-state index contributed by atoms with van der Waals surface area (Å²) in [5.41, 5.74) is 1.76. The summed E-state index contributed by atoms with van der Waals surface area (Å²) >= 11 is 1.55. The van der Waals surface area contributed by atoms with Crippen LogP contribution in [0.25, 0.3) is 0 Å². The third-order valence-electron chi connectivity index (χ3n) is 4.89. The summed E-state index contributed by atoms with van der Waals surface area (Å²) in [6.45, 7) is 4.76. The number of hydrogen-bond donors (Lipinski definition) is 0. The molecule has 1 aliphatic rings. The number of rotatable bonds is 4. The molecule has 0 unspecified atom stereocenters. The van der Waals surface area contributed by atoms with Gasteiger partial charge in [0.05, 0.1) is 5.01 Å². The van der Waals surface area contributed by atoms with E-state index in [1.165, 1.54) is 5.56 Å². The quantitative estimate of drug-likeness (QED) is 0.692. The van der Waals surface area contributed by atoms with Gasteiger partial charge in [-0.25, -0.2) is 4.98 Å². The number of amides is 1. The molecule has 3 heterocycles. The first kappa shape index (κ1) is 17.7. The molecule has 0 saturated carbocycles. The van der Waals surface area contributed by atoms with E-state index in [-0.39, 0.29) is 5.91 Å². The lowest BCUT2D eigenvalue weighted by Crippen LogP contribution is -2.49. The number of aromatic nitrogens is 4. The molecule has 7 nitrogen and oxygen atoms in total. The monoisotopic (exact) mass is 382 g/mol. The van der Waals surface area contributed by atoms with Crippen LogP contribution in [0.5, 0.6) is 0 Å². The van der Waals surface area contributed by atoms with E-state index >= 15 is 0 Å². The number of thiazole rings is 1. The maximum Gasteiger partial charge on any atom is 0.273 e. The van der Waals surface area contributed by atoms with Crippen LogP contribution in [-0.4, -0.2) is 56.7 Å². The predicted molar refractivity (Wildman–Crippen MR) is 105 cm³/mol. The van der Waals surface area contributed by atoms with Gasteiger partial charge in [0.15, 0.2) is 0 Å². The number of benzene rings is 1. The fraction of sp³-hybridized carbons (Fsp3) is 0.368. The van der Waals surface area contributed by atoms with Crippen molar-refractivity contribution < 1.29 is 4.79 Å². The minimum atomic E-state index is 0.0133. The molecule has 3 aromatic rings.